The fraction of sp³-hybridized carbons (Fsp3) is 0.333. The Labute approximate surface area is 87.4 Å². The Hall–Kier alpha value is -1.98. The first-order valence-corrected chi connectivity index (χ1v) is 4.82. The minimum absolute atomic E-state index is 0.616. The number of rotatable bonds is 4. The molecular weight excluding hydrogens is 192 g/mol. The summed E-state index contributed by atoms with van der Waals surface area (Å²) in [6.07, 6.45) is 5.81. The molecule has 0 saturated heterocycles. The zero-order valence-corrected chi connectivity index (χ0v) is 8.46. The van der Waals surface area contributed by atoms with Crippen LogP contribution >= 0.6 is 0 Å². The number of hydrogen-bond donors (Lipinski definition) is 1. The summed E-state index contributed by atoms with van der Waals surface area (Å²) in [6, 6.07) is 1.78. The Morgan fingerprint density at radius 3 is 3.13 bits per heavy atom. The Morgan fingerprint density at radius 1 is 1.47 bits per heavy atom. The van der Waals surface area contributed by atoms with Gasteiger partial charge in [0.1, 0.15) is 12.7 Å². The quantitative estimate of drug-likeness (QED) is 0.800. The first-order chi connectivity index (χ1) is 7.40. The lowest BCUT2D eigenvalue weighted by atomic mass is 10.5. The maximum absolute atomic E-state index is 4.29. The molecule has 0 fully saturated rings. The molecule has 0 aliphatic rings. The van der Waals surface area contributed by atoms with E-state index in [1.54, 1.807) is 23.3 Å². The van der Waals surface area contributed by atoms with Crippen LogP contribution in [0.2, 0.25) is 0 Å². The third-order valence-corrected chi connectivity index (χ3v) is 1.83. The summed E-state index contributed by atoms with van der Waals surface area (Å²) < 4.78 is 1.60. The van der Waals surface area contributed by atoms with E-state index in [1.165, 1.54) is 6.33 Å². The predicted octanol–water partition coefficient (Wildman–Crippen LogP) is 0.879. The summed E-state index contributed by atoms with van der Waals surface area (Å²) in [5.74, 6) is 1.32. The van der Waals surface area contributed by atoms with Gasteiger partial charge in [0.15, 0.2) is 5.82 Å². The van der Waals surface area contributed by atoms with E-state index in [2.05, 4.69) is 32.3 Å². The third-order valence-electron chi connectivity index (χ3n) is 1.83. The van der Waals surface area contributed by atoms with Crippen molar-refractivity contribution in [3.8, 4) is 5.82 Å². The molecule has 2 aromatic heterocycles. The van der Waals surface area contributed by atoms with Crippen molar-refractivity contribution >= 4 is 5.95 Å². The number of nitrogens with one attached hydrogen (secondary N) is 1. The third kappa shape index (κ3) is 2.28. The summed E-state index contributed by atoms with van der Waals surface area (Å²) >= 11 is 0. The van der Waals surface area contributed by atoms with Gasteiger partial charge < -0.3 is 5.32 Å². The zero-order valence-electron chi connectivity index (χ0n) is 8.46. The van der Waals surface area contributed by atoms with Crippen molar-refractivity contribution in [2.24, 2.45) is 0 Å². The van der Waals surface area contributed by atoms with Gasteiger partial charge in [0.05, 0.1) is 0 Å². The number of nitrogens with zero attached hydrogens (tertiary/aromatic N) is 5. The lowest BCUT2D eigenvalue weighted by Gasteiger charge is -2.04. The van der Waals surface area contributed by atoms with Crippen molar-refractivity contribution in [1.82, 2.24) is 24.7 Å². The Balaban J connectivity index is 2.19. The summed E-state index contributed by atoms with van der Waals surface area (Å²) in [6.45, 7) is 2.95. The second kappa shape index (κ2) is 4.50. The van der Waals surface area contributed by atoms with Crippen LogP contribution in [-0.4, -0.2) is 31.3 Å². The van der Waals surface area contributed by atoms with Crippen LogP contribution < -0.4 is 5.32 Å². The van der Waals surface area contributed by atoms with Crippen LogP contribution in [-0.2, 0) is 0 Å². The molecule has 15 heavy (non-hydrogen) atoms. The highest BCUT2D eigenvalue weighted by atomic mass is 15.3. The molecule has 0 aromatic carbocycles. The number of anilines is 1. The number of aromatic nitrogens is 5. The van der Waals surface area contributed by atoms with E-state index >= 15 is 0 Å². The largest absolute Gasteiger partial charge is 0.354 e. The summed E-state index contributed by atoms with van der Waals surface area (Å²) in [5, 5.41) is 7.11. The molecule has 2 aromatic rings. The number of hydrogen-bond acceptors (Lipinski definition) is 5. The molecule has 0 aliphatic heterocycles. The SMILES string of the molecule is CCCNc1nccc(-n2cncn2)n1. The molecule has 0 amide bonds. The minimum Gasteiger partial charge on any atom is -0.354 e. The molecule has 0 aliphatic carbocycles. The summed E-state index contributed by atoms with van der Waals surface area (Å²) in [4.78, 5) is 12.3. The highest BCUT2D eigenvalue weighted by molar-refractivity contribution is 5.30. The molecule has 0 bridgehead atoms. The second-order valence-corrected chi connectivity index (χ2v) is 3.01. The van der Waals surface area contributed by atoms with E-state index in [-0.39, 0.29) is 0 Å². The van der Waals surface area contributed by atoms with Gasteiger partial charge in [0.2, 0.25) is 5.95 Å². The average Bonchev–Trinajstić information content (AvgIpc) is 2.80. The average molecular weight is 204 g/mol. The van der Waals surface area contributed by atoms with Crippen LogP contribution in [0.4, 0.5) is 5.95 Å². The fourth-order valence-corrected chi connectivity index (χ4v) is 1.13. The van der Waals surface area contributed by atoms with E-state index in [9.17, 15) is 0 Å². The van der Waals surface area contributed by atoms with E-state index in [0.29, 0.717) is 11.8 Å². The maximum Gasteiger partial charge on any atom is 0.224 e. The van der Waals surface area contributed by atoms with Gasteiger partial charge in [-0.05, 0) is 6.42 Å². The monoisotopic (exact) mass is 204 g/mol. The van der Waals surface area contributed by atoms with E-state index in [4.69, 9.17) is 0 Å². The highest BCUT2D eigenvalue weighted by Crippen LogP contribution is 2.03. The molecule has 0 unspecified atom stereocenters. The summed E-state index contributed by atoms with van der Waals surface area (Å²) in [7, 11) is 0. The lowest BCUT2D eigenvalue weighted by Crippen LogP contribution is -2.06. The topological polar surface area (TPSA) is 68.5 Å². The van der Waals surface area contributed by atoms with Crippen LogP contribution in [0.25, 0.3) is 5.82 Å². The van der Waals surface area contributed by atoms with Crippen molar-refractivity contribution in [1.29, 1.82) is 0 Å². The molecule has 2 heterocycles. The van der Waals surface area contributed by atoms with Crippen LogP contribution in [0.15, 0.2) is 24.9 Å². The normalized spacial score (nSPS) is 10.2. The molecule has 0 spiro atoms. The van der Waals surface area contributed by atoms with E-state index < -0.39 is 0 Å². The molecule has 78 valence electrons. The minimum atomic E-state index is 0.616. The fourth-order valence-electron chi connectivity index (χ4n) is 1.13. The van der Waals surface area contributed by atoms with Crippen LogP contribution in [0.3, 0.4) is 0 Å². The van der Waals surface area contributed by atoms with Gasteiger partial charge in [-0.25, -0.2) is 14.6 Å². The first-order valence-electron chi connectivity index (χ1n) is 4.82. The predicted molar refractivity (Wildman–Crippen MR) is 55.7 cm³/mol. The standard InChI is InChI=1S/C9H12N6/c1-2-4-11-9-12-5-3-8(14-9)15-7-10-6-13-15/h3,5-7H,2,4H2,1H3,(H,11,12,14). The first kappa shape index (κ1) is 9.57. The molecule has 0 atom stereocenters. The van der Waals surface area contributed by atoms with Crippen molar-refractivity contribution in [2.75, 3.05) is 11.9 Å². The summed E-state index contributed by atoms with van der Waals surface area (Å²) in [5.41, 5.74) is 0. The Bertz CT molecular complexity index is 410. The maximum atomic E-state index is 4.29. The lowest BCUT2D eigenvalue weighted by molar-refractivity contribution is 0.835. The van der Waals surface area contributed by atoms with Gasteiger partial charge >= 0.3 is 0 Å². The molecule has 1 N–H and O–H groups in total. The second-order valence-electron chi connectivity index (χ2n) is 3.01. The van der Waals surface area contributed by atoms with Crippen molar-refractivity contribution in [3.05, 3.63) is 24.9 Å². The smallest absolute Gasteiger partial charge is 0.224 e. The van der Waals surface area contributed by atoms with Gasteiger partial charge in [-0.15, -0.1) is 0 Å². The molecule has 0 radical (unpaired) electrons. The van der Waals surface area contributed by atoms with Crippen molar-refractivity contribution < 1.29 is 0 Å². The van der Waals surface area contributed by atoms with Crippen LogP contribution in [0, 0.1) is 0 Å². The van der Waals surface area contributed by atoms with Crippen molar-refractivity contribution in [2.45, 2.75) is 13.3 Å². The van der Waals surface area contributed by atoms with Crippen LogP contribution in [0.5, 0.6) is 0 Å². The molecule has 0 saturated carbocycles. The van der Waals surface area contributed by atoms with Crippen molar-refractivity contribution in [3.63, 3.8) is 0 Å². The molecule has 6 nitrogen and oxygen atoms in total. The molecular formula is C9H12N6. The van der Waals surface area contributed by atoms with Gasteiger partial charge in [-0.2, -0.15) is 10.1 Å². The Morgan fingerprint density at radius 2 is 2.40 bits per heavy atom. The van der Waals surface area contributed by atoms with Crippen LogP contribution in [0.1, 0.15) is 13.3 Å². The van der Waals surface area contributed by atoms with E-state index in [0.717, 1.165) is 13.0 Å². The Kier molecular flexibility index (Phi) is 2.87. The zero-order chi connectivity index (χ0) is 10.5. The van der Waals surface area contributed by atoms with Gasteiger partial charge in [0, 0.05) is 18.8 Å². The van der Waals surface area contributed by atoms with Gasteiger partial charge in [0.25, 0.3) is 0 Å². The highest BCUT2D eigenvalue weighted by Gasteiger charge is 2.00. The van der Waals surface area contributed by atoms with E-state index in [1.807, 2.05) is 0 Å². The van der Waals surface area contributed by atoms with Gasteiger partial charge in [-0.3, -0.25) is 0 Å². The molecule has 6 heteroatoms. The molecule has 2 rings (SSSR count). The van der Waals surface area contributed by atoms with Gasteiger partial charge in [-0.1, -0.05) is 6.92 Å².